The highest BCUT2D eigenvalue weighted by molar-refractivity contribution is 7.25. The molecule has 1 aliphatic heterocycles. The molecule has 0 saturated carbocycles. The Labute approximate surface area is 292 Å². The Morgan fingerprint density at radius 3 is 1.82 bits per heavy atom. The van der Waals surface area contributed by atoms with Crippen molar-refractivity contribution in [2.45, 2.75) is 6.17 Å². The van der Waals surface area contributed by atoms with Crippen molar-refractivity contribution in [1.29, 1.82) is 0 Å². The first-order valence-corrected chi connectivity index (χ1v) is 17.6. The third kappa shape index (κ3) is 4.82. The number of thiophene rings is 1. The van der Waals surface area contributed by atoms with Gasteiger partial charge in [0, 0.05) is 47.6 Å². The van der Waals surface area contributed by atoms with Crippen LogP contribution in [0.1, 0.15) is 22.9 Å². The zero-order valence-electron chi connectivity index (χ0n) is 26.9. The van der Waals surface area contributed by atoms with Gasteiger partial charge in [-0.15, -0.1) is 11.3 Å². The number of nitrogens with one attached hydrogen (secondary N) is 1. The molecule has 0 spiro atoms. The van der Waals surface area contributed by atoms with Gasteiger partial charge in [-0.25, -0.2) is 9.98 Å². The summed E-state index contributed by atoms with van der Waals surface area (Å²) < 4.78 is 9.00. The summed E-state index contributed by atoms with van der Waals surface area (Å²) in [7, 11) is 0. The Morgan fingerprint density at radius 1 is 0.460 bits per heavy atom. The van der Waals surface area contributed by atoms with E-state index in [1.54, 1.807) is 0 Å². The van der Waals surface area contributed by atoms with E-state index in [1.165, 1.54) is 25.7 Å². The van der Waals surface area contributed by atoms with E-state index in [-0.39, 0.29) is 0 Å². The number of fused-ring (bicyclic) bond motifs is 6. The topological polar surface area (TPSA) is 49.9 Å². The first-order valence-electron chi connectivity index (χ1n) is 16.8. The summed E-state index contributed by atoms with van der Waals surface area (Å²) in [4.78, 5) is 10.8. The van der Waals surface area contributed by atoms with Crippen LogP contribution in [0, 0.1) is 0 Å². The fourth-order valence-electron chi connectivity index (χ4n) is 7.18. The Hall–Kier alpha value is -6.30. The summed E-state index contributed by atoms with van der Waals surface area (Å²) in [6.07, 6.45) is -0.534. The van der Waals surface area contributed by atoms with Gasteiger partial charge in [0.1, 0.15) is 22.8 Å². The van der Waals surface area contributed by atoms with Gasteiger partial charge < -0.3 is 9.73 Å². The summed E-state index contributed by atoms with van der Waals surface area (Å²) in [5, 5.41) is 8.26. The number of furan rings is 1. The van der Waals surface area contributed by atoms with E-state index in [0.29, 0.717) is 0 Å². The van der Waals surface area contributed by atoms with Gasteiger partial charge in [0.2, 0.25) is 0 Å². The molecule has 1 N–H and O–H groups in total. The van der Waals surface area contributed by atoms with Gasteiger partial charge >= 0.3 is 0 Å². The Bertz CT molecular complexity index is 2780. The fourth-order valence-corrected chi connectivity index (χ4v) is 8.32. The number of rotatable bonds is 5. The molecule has 5 heteroatoms. The molecule has 4 nitrogen and oxygen atoms in total. The van der Waals surface area contributed by atoms with Crippen molar-refractivity contribution in [2.24, 2.45) is 9.98 Å². The Morgan fingerprint density at radius 2 is 1.04 bits per heavy atom. The first kappa shape index (κ1) is 28.7. The number of para-hydroxylation sites is 1. The molecule has 0 bridgehead atoms. The molecule has 1 unspecified atom stereocenters. The lowest BCUT2D eigenvalue weighted by atomic mass is 9.92. The summed E-state index contributed by atoms with van der Waals surface area (Å²) in [6, 6.07) is 57.4. The lowest BCUT2D eigenvalue weighted by molar-refractivity contribution is 0.667. The van der Waals surface area contributed by atoms with E-state index in [4.69, 9.17) is 14.4 Å². The maximum absolute atomic E-state index is 6.45. The van der Waals surface area contributed by atoms with Crippen LogP contribution in [0.3, 0.4) is 0 Å². The minimum absolute atomic E-state index is 0.534. The summed E-state index contributed by atoms with van der Waals surface area (Å²) in [6.45, 7) is 0. The van der Waals surface area contributed by atoms with Crippen molar-refractivity contribution in [3.8, 4) is 22.3 Å². The molecule has 0 aliphatic carbocycles. The van der Waals surface area contributed by atoms with Gasteiger partial charge in [0.05, 0.1) is 0 Å². The van der Waals surface area contributed by atoms with Gasteiger partial charge in [-0.05, 0) is 46.5 Å². The Kier molecular flexibility index (Phi) is 6.71. The molecule has 3 heterocycles. The van der Waals surface area contributed by atoms with Gasteiger partial charge in [-0.2, -0.15) is 0 Å². The maximum atomic E-state index is 6.45. The standard InChI is InChI=1S/C45H29N3OS/c1-3-11-28(12-4-1)29-19-21-31(22-20-29)44-46-43(30-13-5-2-6-14-30)47-45(48-44)42-33(25-26-38-41(42)36-16-7-9-17-37(36)49-38)32-23-24-35-34-15-8-10-18-39(34)50-40(35)27-32/h1-27,45H,(H,46,47,48). The molecule has 10 rings (SSSR count). The smallest absolute Gasteiger partial charge is 0.171 e. The number of amidine groups is 2. The molecule has 1 atom stereocenters. The average molecular weight is 660 g/mol. The van der Waals surface area contributed by atoms with Crippen molar-refractivity contribution in [1.82, 2.24) is 5.32 Å². The molecule has 7 aromatic carbocycles. The van der Waals surface area contributed by atoms with E-state index in [0.717, 1.165) is 67.0 Å². The third-order valence-electron chi connectivity index (χ3n) is 9.58. The number of hydrogen-bond acceptors (Lipinski definition) is 5. The predicted molar refractivity (Wildman–Crippen MR) is 209 cm³/mol. The van der Waals surface area contributed by atoms with E-state index in [9.17, 15) is 0 Å². The second-order valence-corrected chi connectivity index (χ2v) is 13.7. The van der Waals surface area contributed by atoms with Gasteiger partial charge in [-0.3, -0.25) is 0 Å². The van der Waals surface area contributed by atoms with Crippen molar-refractivity contribution < 1.29 is 4.42 Å². The highest BCUT2D eigenvalue weighted by atomic mass is 32.1. The molecular formula is C45H29N3OS. The molecule has 236 valence electrons. The van der Waals surface area contributed by atoms with Gasteiger partial charge in [0.15, 0.2) is 6.17 Å². The lowest BCUT2D eigenvalue weighted by Gasteiger charge is -2.24. The summed E-state index contributed by atoms with van der Waals surface area (Å²) in [5.74, 6) is 1.56. The SMILES string of the molecule is c1ccc(C2=NC(c3c(-c4ccc5c(c4)sc4ccccc45)ccc4oc5ccccc5c34)N=C(c3ccc(-c4ccccc4)cc3)N2)cc1. The minimum atomic E-state index is -0.534. The van der Waals surface area contributed by atoms with Crippen LogP contribution in [0.5, 0.6) is 0 Å². The molecule has 2 aromatic heterocycles. The van der Waals surface area contributed by atoms with Gasteiger partial charge in [-0.1, -0.05) is 140 Å². The fraction of sp³-hybridized carbons (Fsp3) is 0.0222. The highest BCUT2D eigenvalue weighted by Gasteiger charge is 2.27. The normalized spacial score (nSPS) is 14.6. The monoisotopic (exact) mass is 659 g/mol. The molecule has 0 radical (unpaired) electrons. The second-order valence-electron chi connectivity index (χ2n) is 12.6. The average Bonchev–Trinajstić information content (AvgIpc) is 3.76. The van der Waals surface area contributed by atoms with E-state index < -0.39 is 6.17 Å². The maximum Gasteiger partial charge on any atom is 0.171 e. The minimum Gasteiger partial charge on any atom is -0.456 e. The predicted octanol–water partition coefficient (Wildman–Crippen LogP) is 11.8. The van der Waals surface area contributed by atoms with Crippen molar-refractivity contribution >= 4 is 65.1 Å². The number of hydrogen-bond donors (Lipinski definition) is 1. The van der Waals surface area contributed by atoms with Crippen LogP contribution in [0.2, 0.25) is 0 Å². The molecule has 50 heavy (non-hydrogen) atoms. The van der Waals surface area contributed by atoms with Crippen molar-refractivity contribution in [3.63, 3.8) is 0 Å². The second kappa shape index (κ2) is 11.7. The van der Waals surface area contributed by atoms with Crippen LogP contribution in [0.4, 0.5) is 0 Å². The highest BCUT2D eigenvalue weighted by Crippen LogP contribution is 2.44. The van der Waals surface area contributed by atoms with Crippen LogP contribution < -0.4 is 5.32 Å². The zero-order chi connectivity index (χ0) is 33.0. The summed E-state index contributed by atoms with van der Waals surface area (Å²) in [5.41, 5.74) is 9.27. The van der Waals surface area contributed by atoms with Crippen LogP contribution in [-0.4, -0.2) is 11.7 Å². The van der Waals surface area contributed by atoms with Crippen molar-refractivity contribution in [3.05, 3.63) is 180 Å². The van der Waals surface area contributed by atoms with E-state index >= 15 is 0 Å². The van der Waals surface area contributed by atoms with Crippen molar-refractivity contribution in [2.75, 3.05) is 0 Å². The molecule has 0 fully saturated rings. The largest absolute Gasteiger partial charge is 0.456 e. The Balaban J connectivity index is 1.20. The number of benzene rings is 7. The third-order valence-corrected chi connectivity index (χ3v) is 10.7. The lowest BCUT2D eigenvalue weighted by Crippen LogP contribution is -2.36. The van der Waals surface area contributed by atoms with Crippen LogP contribution in [-0.2, 0) is 0 Å². The molecule has 1 aliphatic rings. The molecule has 0 amide bonds. The van der Waals surface area contributed by atoms with Crippen LogP contribution in [0.25, 0.3) is 64.4 Å². The first-order chi connectivity index (χ1) is 24.8. The molecule has 0 saturated heterocycles. The van der Waals surface area contributed by atoms with Crippen LogP contribution in [0.15, 0.2) is 178 Å². The van der Waals surface area contributed by atoms with E-state index in [1.807, 2.05) is 47.7 Å². The molecule has 9 aromatic rings. The van der Waals surface area contributed by atoms with Crippen LogP contribution >= 0.6 is 11.3 Å². The quantitative estimate of drug-likeness (QED) is 0.200. The summed E-state index contributed by atoms with van der Waals surface area (Å²) >= 11 is 1.83. The molecular weight excluding hydrogens is 631 g/mol. The number of aliphatic imine (C=N–C) groups is 2. The van der Waals surface area contributed by atoms with Gasteiger partial charge in [0.25, 0.3) is 0 Å². The number of nitrogens with zero attached hydrogens (tertiary/aromatic N) is 2. The van der Waals surface area contributed by atoms with E-state index in [2.05, 4.69) is 133 Å². The zero-order valence-corrected chi connectivity index (χ0v) is 27.7.